The molecule has 0 bridgehead atoms. The van der Waals surface area contributed by atoms with Crippen LogP contribution in [0, 0.1) is 0 Å². The number of benzene rings is 1. The van der Waals surface area contributed by atoms with Crippen LogP contribution in [0.4, 0.5) is 0 Å². The van der Waals surface area contributed by atoms with E-state index in [2.05, 4.69) is 3.98 Å². The molecule has 3 aromatic rings. The predicted molar refractivity (Wildman–Crippen MR) is 63.3 cm³/mol. The zero-order valence-corrected chi connectivity index (χ0v) is 10.3. The van der Waals surface area contributed by atoms with Crippen molar-refractivity contribution in [2.45, 2.75) is 0 Å². The second-order valence-electron chi connectivity index (χ2n) is 3.52. The first kappa shape index (κ1) is 9.63. The average molecular weight is 278 g/mol. The van der Waals surface area contributed by atoms with Gasteiger partial charge >= 0.3 is 97.5 Å². The third-order valence-electron chi connectivity index (χ3n) is 2.60. The second kappa shape index (κ2) is 3.47. The van der Waals surface area contributed by atoms with Gasteiger partial charge in [0, 0.05) is 0 Å². The van der Waals surface area contributed by atoms with Crippen LogP contribution in [0.5, 0.6) is 0 Å². The summed E-state index contributed by atoms with van der Waals surface area (Å²) in [5.74, 6) is 0. The van der Waals surface area contributed by atoms with Crippen molar-refractivity contribution in [1.82, 2.24) is 13.3 Å². The van der Waals surface area contributed by atoms with Gasteiger partial charge in [0.1, 0.15) is 0 Å². The quantitative estimate of drug-likeness (QED) is 0.617. The first-order valence-corrected chi connectivity index (χ1v) is 6.62. The topological polar surface area (TPSA) is 39.8 Å². The summed E-state index contributed by atoms with van der Waals surface area (Å²) in [6, 6.07) is 9.61. The van der Waals surface area contributed by atoms with E-state index in [0.29, 0.717) is 5.52 Å². The SMILES string of the molecule is Cn1c2c[se]nc2c(=O)n1-c1ccccc1. The molecule has 1 aromatic carbocycles. The Morgan fingerprint density at radius 2 is 2.00 bits per heavy atom. The zero-order chi connectivity index (χ0) is 11.1. The molecular weight excluding hydrogens is 269 g/mol. The van der Waals surface area contributed by atoms with Gasteiger partial charge in [0.2, 0.25) is 0 Å². The standard InChI is InChI=1S/C11H9N3OSe/c1-13-9-7-16-12-10(9)11(15)14(13)8-5-3-2-4-6-8/h2-7H,1H3. The summed E-state index contributed by atoms with van der Waals surface area (Å²) in [6.07, 6.45) is 0. The van der Waals surface area contributed by atoms with Crippen LogP contribution < -0.4 is 5.56 Å². The third-order valence-corrected chi connectivity index (χ3v) is 3.89. The van der Waals surface area contributed by atoms with Gasteiger partial charge < -0.3 is 0 Å². The molecule has 2 heterocycles. The van der Waals surface area contributed by atoms with Crippen molar-refractivity contribution < 1.29 is 0 Å². The van der Waals surface area contributed by atoms with Crippen molar-refractivity contribution in [1.29, 1.82) is 0 Å². The van der Waals surface area contributed by atoms with E-state index in [1.54, 1.807) is 4.68 Å². The molecule has 0 saturated heterocycles. The fraction of sp³-hybridized carbons (Fsp3) is 0.0909. The number of aromatic nitrogens is 3. The van der Waals surface area contributed by atoms with E-state index in [-0.39, 0.29) is 20.3 Å². The van der Waals surface area contributed by atoms with Crippen molar-refractivity contribution in [2.75, 3.05) is 0 Å². The van der Waals surface area contributed by atoms with Crippen LogP contribution in [-0.4, -0.2) is 28.1 Å². The molecule has 16 heavy (non-hydrogen) atoms. The van der Waals surface area contributed by atoms with Crippen molar-refractivity contribution in [2.24, 2.45) is 7.05 Å². The van der Waals surface area contributed by atoms with E-state index in [1.807, 2.05) is 47.0 Å². The molecule has 0 aliphatic carbocycles. The number of rotatable bonds is 1. The van der Waals surface area contributed by atoms with E-state index < -0.39 is 0 Å². The summed E-state index contributed by atoms with van der Waals surface area (Å²) in [7, 11) is 1.89. The fourth-order valence-corrected chi connectivity index (χ4v) is 3.27. The molecule has 3 rings (SSSR count). The molecule has 0 radical (unpaired) electrons. The van der Waals surface area contributed by atoms with Gasteiger partial charge in [0.05, 0.1) is 0 Å². The molecule has 0 aliphatic heterocycles. The molecule has 0 fully saturated rings. The zero-order valence-electron chi connectivity index (χ0n) is 8.62. The Morgan fingerprint density at radius 1 is 1.25 bits per heavy atom. The summed E-state index contributed by atoms with van der Waals surface area (Å²) < 4.78 is 7.78. The first-order valence-electron chi connectivity index (χ1n) is 4.86. The van der Waals surface area contributed by atoms with Crippen LogP contribution in [0.2, 0.25) is 0 Å². The molecule has 0 atom stereocenters. The van der Waals surface area contributed by atoms with Gasteiger partial charge in [-0.05, 0) is 0 Å². The summed E-state index contributed by atoms with van der Waals surface area (Å²) in [4.78, 5) is 14.2. The Labute approximate surface area is 97.7 Å². The monoisotopic (exact) mass is 279 g/mol. The molecule has 0 N–H and O–H groups in total. The predicted octanol–water partition coefficient (Wildman–Crippen LogP) is 0.781. The Bertz CT molecular complexity index is 693. The summed E-state index contributed by atoms with van der Waals surface area (Å²) in [6.45, 7) is 0. The van der Waals surface area contributed by atoms with E-state index in [4.69, 9.17) is 0 Å². The molecule has 2 aromatic heterocycles. The molecule has 0 unspecified atom stereocenters. The molecular formula is C11H9N3OSe. The molecule has 0 amide bonds. The van der Waals surface area contributed by atoms with Crippen LogP contribution in [0.25, 0.3) is 16.7 Å². The Balaban J connectivity index is 2.41. The Kier molecular flexibility index (Phi) is 2.09. The van der Waals surface area contributed by atoms with Crippen molar-refractivity contribution in [3.63, 3.8) is 0 Å². The van der Waals surface area contributed by atoms with Crippen molar-refractivity contribution >= 4 is 25.8 Å². The van der Waals surface area contributed by atoms with E-state index in [9.17, 15) is 4.79 Å². The molecule has 0 saturated carbocycles. The van der Waals surface area contributed by atoms with E-state index in [0.717, 1.165) is 11.2 Å². The van der Waals surface area contributed by atoms with Gasteiger partial charge in [0.25, 0.3) is 0 Å². The van der Waals surface area contributed by atoms with Gasteiger partial charge in [-0.1, -0.05) is 0 Å². The van der Waals surface area contributed by atoms with Crippen LogP contribution >= 0.6 is 0 Å². The van der Waals surface area contributed by atoms with Gasteiger partial charge in [-0.3, -0.25) is 0 Å². The third kappa shape index (κ3) is 1.22. The van der Waals surface area contributed by atoms with Crippen LogP contribution in [-0.2, 0) is 7.05 Å². The number of hydrogen-bond acceptors (Lipinski definition) is 2. The van der Waals surface area contributed by atoms with E-state index >= 15 is 0 Å². The normalized spacial score (nSPS) is 11.1. The number of nitrogens with zero attached hydrogens (tertiary/aromatic N) is 3. The van der Waals surface area contributed by atoms with Crippen molar-refractivity contribution in [3.05, 3.63) is 45.6 Å². The van der Waals surface area contributed by atoms with Crippen LogP contribution in [0.1, 0.15) is 0 Å². The average Bonchev–Trinajstić information content (AvgIpc) is 2.86. The van der Waals surface area contributed by atoms with Gasteiger partial charge in [0.15, 0.2) is 0 Å². The summed E-state index contributed by atoms with van der Waals surface area (Å²) in [5.41, 5.74) is 2.39. The minimum absolute atomic E-state index is 0.0284. The number of para-hydroxylation sites is 1. The van der Waals surface area contributed by atoms with Crippen molar-refractivity contribution in [3.8, 4) is 5.69 Å². The van der Waals surface area contributed by atoms with Gasteiger partial charge in [-0.15, -0.1) is 0 Å². The maximum atomic E-state index is 12.1. The molecule has 80 valence electrons. The Hall–Kier alpha value is -1.58. The number of aryl methyl sites for hydroxylation is 1. The minimum atomic E-state index is -0.0284. The molecule has 0 spiro atoms. The fourth-order valence-electron chi connectivity index (χ4n) is 1.81. The molecule has 4 nitrogen and oxygen atoms in total. The number of fused-ring (bicyclic) bond motifs is 1. The number of hydrogen-bond donors (Lipinski definition) is 0. The Morgan fingerprint density at radius 3 is 2.69 bits per heavy atom. The first-order chi connectivity index (χ1) is 7.79. The van der Waals surface area contributed by atoms with Gasteiger partial charge in [-0.25, -0.2) is 0 Å². The molecule has 5 heteroatoms. The second-order valence-corrected chi connectivity index (χ2v) is 4.84. The summed E-state index contributed by atoms with van der Waals surface area (Å²) >= 11 is 0.0946. The molecule has 0 aliphatic rings. The maximum absolute atomic E-state index is 12.1. The van der Waals surface area contributed by atoms with E-state index in [1.165, 1.54) is 0 Å². The van der Waals surface area contributed by atoms with Crippen LogP contribution in [0.3, 0.4) is 0 Å². The summed E-state index contributed by atoms with van der Waals surface area (Å²) in [5, 5.41) is 0. The van der Waals surface area contributed by atoms with Crippen LogP contribution in [0.15, 0.2) is 40.1 Å². The van der Waals surface area contributed by atoms with Gasteiger partial charge in [-0.2, -0.15) is 0 Å².